The fourth-order valence-electron chi connectivity index (χ4n) is 7.44. The van der Waals surface area contributed by atoms with Crippen molar-refractivity contribution in [3.63, 3.8) is 0 Å². The Balaban J connectivity index is 1.22. The van der Waals surface area contributed by atoms with Gasteiger partial charge in [-0.25, -0.2) is 0 Å². The number of anilines is 3. The quantitative estimate of drug-likeness (QED) is 0.186. The Morgan fingerprint density at radius 1 is 0.429 bits per heavy atom. The topological polar surface area (TPSA) is 16.4 Å². The van der Waals surface area contributed by atoms with Crippen LogP contribution in [0.1, 0.15) is 0 Å². The van der Waals surface area contributed by atoms with Crippen LogP contribution in [0.2, 0.25) is 0 Å². The Kier molecular flexibility index (Phi) is 6.39. The van der Waals surface area contributed by atoms with Crippen LogP contribution < -0.4 is 4.90 Å². The smallest absolute Gasteiger partial charge is 0.159 e. The summed E-state index contributed by atoms with van der Waals surface area (Å²) < 4.78 is 9.20. The maximum absolute atomic E-state index is 6.64. The second kappa shape index (κ2) is 11.2. The standard InChI is InChI=1S/C46H29NOS/c1-2-12-30(13-3-1)35-20-9-14-31-15-10-21-36(45(31)35)32-16-8-17-33(28-32)47(34-26-27-39-38-19-5-7-25-43(38)49-44(39)29-34)41-23-11-22-40-37-18-4-6-24-42(37)48-46(40)41/h1-29H. The number of nitrogens with zero attached hydrogens (tertiary/aromatic N) is 1. The van der Waals surface area contributed by atoms with E-state index in [2.05, 4.69) is 175 Å². The Labute approximate surface area is 287 Å². The minimum Gasteiger partial charge on any atom is -0.454 e. The molecule has 0 aliphatic rings. The van der Waals surface area contributed by atoms with Crippen LogP contribution in [-0.2, 0) is 0 Å². The molecule has 2 heterocycles. The van der Waals surface area contributed by atoms with Crippen LogP contribution in [0.3, 0.4) is 0 Å². The minimum absolute atomic E-state index is 0.877. The molecular weight excluding hydrogens is 615 g/mol. The van der Waals surface area contributed by atoms with E-state index in [-0.39, 0.29) is 0 Å². The summed E-state index contributed by atoms with van der Waals surface area (Å²) in [6.45, 7) is 0. The second-order valence-corrected chi connectivity index (χ2v) is 13.6. The van der Waals surface area contributed by atoms with E-state index in [0.717, 1.165) is 44.6 Å². The minimum atomic E-state index is 0.877. The van der Waals surface area contributed by atoms with E-state index >= 15 is 0 Å². The zero-order valence-electron chi connectivity index (χ0n) is 26.5. The predicted octanol–water partition coefficient (Wildman–Crippen LogP) is 13.9. The van der Waals surface area contributed by atoms with E-state index in [4.69, 9.17) is 4.42 Å². The third kappa shape index (κ3) is 4.55. The Morgan fingerprint density at radius 3 is 1.96 bits per heavy atom. The summed E-state index contributed by atoms with van der Waals surface area (Å²) >= 11 is 1.84. The molecule has 0 atom stereocenters. The molecule has 0 unspecified atom stereocenters. The first-order chi connectivity index (χ1) is 24.3. The fourth-order valence-corrected chi connectivity index (χ4v) is 8.58. The van der Waals surface area contributed by atoms with Gasteiger partial charge in [-0.15, -0.1) is 11.3 Å². The van der Waals surface area contributed by atoms with Gasteiger partial charge >= 0.3 is 0 Å². The first-order valence-electron chi connectivity index (χ1n) is 16.6. The van der Waals surface area contributed by atoms with Crippen LogP contribution in [0, 0.1) is 0 Å². The second-order valence-electron chi connectivity index (χ2n) is 12.5. The molecule has 3 heteroatoms. The lowest BCUT2D eigenvalue weighted by molar-refractivity contribution is 0.669. The highest BCUT2D eigenvalue weighted by molar-refractivity contribution is 7.25. The molecule has 230 valence electrons. The summed E-state index contributed by atoms with van der Waals surface area (Å²) in [5.74, 6) is 0. The van der Waals surface area contributed by atoms with Crippen LogP contribution in [0.5, 0.6) is 0 Å². The van der Waals surface area contributed by atoms with Crippen LogP contribution in [-0.4, -0.2) is 0 Å². The van der Waals surface area contributed by atoms with Gasteiger partial charge in [0.25, 0.3) is 0 Å². The van der Waals surface area contributed by atoms with Gasteiger partial charge in [0.1, 0.15) is 5.58 Å². The highest BCUT2D eigenvalue weighted by Crippen LogP contribution is 2.46. The van der Waals surface area contributed by atoms with Crippen LogP contribution in [0.4, 0.5) is 17.1 Å². The summed E-state index contributed by atoms with van der Waals surface area (Å²) in [4.78, 5) is 2.36. The monoisotopic (exact) mass is 643 g/mol. The third-order valence-electron chi connectivity index (χ3n) is 9.65. The zero-order chi connectivity index (χ0) is 32.3. The van der Waals surface area contributed by atoms with Crippen molar-refractivity contribution in [1.82, 2.24) is 0 Å². The number of thiophene rings is 1. The molecule has 10 rings (SSSR count). The molecule has 0 amide bonds. The van der Waals surface area contributed by atoms with Crippen molar-refractivity contribution >= 4 is 81.3 Å². The molecule has 0 saturated heterocycles. The van der Waals surface area contributed by atoms with Crippen LogP contribution >= 0.6 is 11.3 Å². The first kappa shape index (κ1) is 27.9. The summed E-state index contributed by atoms with van der Waals surface area (Å²) in [5, 5.41) is 7.29. The molecule has 0 aliphatic heterocycles. The van der Waals surface area contributed by atoms with Gasteiger partial charge in [0.05, 0.1) is 5.69 Å². The summed E-state index contributed by atoms with van der Waals surface area (Å²) in [6, 6.07) is 63.2. The average molecular weight is 644 g/mol. The molecule has 0 spiro atoms. The number of para-hydroxylation sites is 2. The Hall–Kier alpha value is -6.16. The lowest BCUT2D eigenvalue weighted by Crippen LogP contribution is -2.10. The summed E-state index contributed by atoms with van der Waals surface area (Å²) in [6.07, 6.45) is 0. The maximum atomic E-state index is 6.64. The zero-order valence-corrected chi connectivity index (χ0v) is 27.3. The third-order valence-corrected chi connectivity index (χ3v) is 10.8. The van der Waals surface area contributed by atoms with E-state index in [1.54, 1.807) is 0 Å². The average Bonchev–Trinajstić information content (AvgIpc) is 3.74. The SMILES string of the molecule is c1ccc(-c2cccc3cccc(-c4cccc(N(c5ccc6c(c5)sc5ccccc56)c5cccc6c5oc5ccccc56)c4)c23)cc1. The van der Waals surface area contributed by atoms with Gasteiger partial charge < -0.3 is 9.32 Å². The Morgan fingerprint density at radius 2 is 1.08 bits per heavy atom. The van der Waals surface area contributed by atoms with Crippen molar-refractivity contribution in [2.45, 2.75) is 0 Å². The molecule has 10 aromatic rings. The number of benzene rings is 8. The molecule has 2 nitrogen and oxygen atoms in total. The number of furan rings is 1. The highest BCUT2D eigenvalue weighted by Gasteiger charge is 2.21. The van der Waals surface area contributed by atoms with E-state index in [9.17, 15) is 0 Å². The molecule has 2 aromatic heterocycles. The van der Waals surface area contributed by atoms with Gasteiger partial charge in [-0.2, -0.15) is 0 Å². The highest BCUT2D eigenvalue weighted by atomic mass is 32.1. The van der Waals surface area contributed by atoms with E-state index in [1.165, 1.54) is 47.6 Å². The normalized spacial score (nSPS) is 11.7. The van der Waals surface area contributed by atoms with Crippen LogP contribution in [0.15, 0.2) is 180 Å². The Bertz CT molecular complexity index is 2840. The van der Waals surface area contributed by atoms with Gasteiger partial charge in [-0.05, 0) is 75.5 Å². The number of fused-ring (bicyclic) bond motifs is 7. The van der Waals surface area contributed by atoms with E-state index in [0.29, 0.717) is 0 Å². The number of hydrogen-bond acceptors (Lipinski definition) is 3. The largest absolute Gasteiger partial charge is 0.454 e. The van der Waals surface area contributed by atoms with Gasteiger partial charge in [-0.3, -0.25) is 0 Å². The molecular formula is C46H29NOS. The molecule has 0 bridgehead atoms. The van der Waals surface area contributed by atoms with Crippen molar-refractivity contribution in [3.8, 4) is 22.3 Å². The van der Waals surface area contributed by atoms with Gasteiger partial charge in [0.2, 0.25) is 0 Å². The van der Waals surface area contributed by atoms with Crippen molar-refractivity contribution in [3.05, 3.63) is 176 Å². The lowest BCUT2D eigenvalue weighted by Gasteiger charge is -2.26. The van der Waals surface area contributed by atoms with Gasteiger partial charge in [0, 0.05) is 42.3 Å². The molecule has 49 heavy (non-hydrogen) atoms. The molecule has 8 aromatic carbocycles. The lowest BCUT2D eigenvalue weighted by atomic mass is 9.91. The van der Waals surface area contributed by atoms with Crippen molar-refractivity contribution in [2.75, 3.05) is 4.90 Å². The molecule has 0 fully saturated rings. The first-order valence-corrected chi connectivity index (χ1v) is 17.4. The number of hydrogen-bond donors (Lipinski definition) is 0. The molecule has 0 N–H and O–H groups in total. The van der Waals surface area contributed by atoms with Crippen LogP contribution in [0.25, 0.3) is 75.1 Å². The van der Waals surface area contributed by atoms with Crippen molar-refractivity contribution in [1.29, 1.82) is 0 Å². The summed E-state index contributed by atoms with van der Waals surface area (Å²) in [7, 11) is 0. The molecule has 0 saturated carbocycles. The van der Waals surface area contributed by atoms with Crippen molar-refractivity contribution < 1.29 is 4.42 Å². The number of rotatable bonds is 5. The fraction of sp³-hybridized carbons (Fsp3) is 0. The van der Waals surface area contributed by atoms with Gasteiger partial charge in [-0.1, -0.05) is 133 Å². The molecule has 0 radical (unpaired) electrons. The maximum Gasteiger partial charge on any atom is 0.159 e. The summed E-state index contributed by atoms with van der Waals surface area (Å²) in [5.41, 5.74) is 9.76. The van der Waals surface area contributed by atoms with Gasteiger partial charge in [0.15, 0.2) is 5.58 Å². The van der Waals surface area contributed by atoms with E-state index < -0.39 is 0 Å². The van der Waals surface area contributed by atoms with Crippen molar-refractivity contribution in [2.24, 2.45) is 0 Å². The van der Waals surface area contributed by atoms with E-state index in [1.807, 2.05) is 17.4 Å². The molecule has 0 aliphatic carbocycles. The predicted molar refractivity (Wildman–Crippen MR) is 210 cm³/mol.